The van der Waals surface area contributed by atoms with E-state index < -0.39 is 0 Å². The van der Waals surface area contributed by atoms with Gasteiger partial charge in [-0.2, -0.15) is 0 Å². The van der Waals surface area contributed by atoms with Gasteiger partial charge in [-0.05, 0) is 24.8 Å². The molecule has 2 aliphatic rings. The molecule has 148 valence electrons. The van der Waals surface area contributed by atoms with Gasteiger partial charge in [0.2, 0.25) is 17.8 Å². The molecule has 2 amide bonds. The average molecular weight is 375 g/mol. The first-order valence-corrected chi connectivity index (χ1v) is 9.66. The minimum atomic E-state index is -0.203. The van der Waals surface area contributed by atoms with Crippen LogP contribution in [0.3, 0.4) is 0 Å². The highest BCUT2D eigenvalue weighted by atomic mass is 16.3. The van der Waals surface area contributed by atoms with E-state index >= 15 is 0 Å². The van der Waals surface area contributed by atoms with Crippen LogP contribution in [0.25, 0.3) is 0 Å². The Kier molecular flexibility index (Phi) is 5.94. The summed E-state index contributed by atoms with van der Waals surface area (Å²) < 4.78 is 0. The zero-order chi connectivity index (χ0) is 19.4. The van der Waals surface area contributed by atoms with Crippen molar-refractivity contribution in [2.45, 2.75) is 39.5 Å². The Labute approximate surface area is 160 Å². The molecule has 1 aromatic heterocycles. The molecule has 2 fully saturated rings. The third-order valence-electron chi connectivity index (χ3n) is 5.25. The summed E-state index contributed by atoms with van der Waals surface area (Å²) in [4.78, 5) is 38.6. The second-order valence-corrected chi connectivity index (χ2v) is 8.23. The molecule has 1 N–H and O–H groups in total. The maximum atomic E-state index is 12.2. The first-order valence-electron chi connectivity index (χ1n) is 9.66. The Bertz CT molecular complexity index is 648. The van der Waals surface area contributed by atoms with Gasteiger partial charge in [-0.25, -0.2) is 9.97 Å². The molecule has 0 saturated carbocycles. The highest BCUT2D eigenvalue weighted by Crippen LogP contribution is 2.31. The van der Waals surface area contributed by atoms with Gasteiger partial charge in [0.1, 0.15) is 0 Å². The number of unbranched alkanes of at least 4 members (excludes halogenated alkanes) is 1. The van der Waals surface area contributed by atoms with Crippen LogP contribution in [-0.2, 0) is 9.59 Å². The van der Waals surface area contributed by atoms with E-state index in [1.165, 1.54) is 17.3 Å². The summed E-state index contributed by atoms with van der Waals surface area (Å²) in [5.74, 6) is 0.668. The molecule has 0 unspecified atom stereocenters. The van der Waals surface area contributed by atoms with Gasteiger partial charge in [0.05, 0.1) is 12.4 Å². The van der Waals surface area contributed by atoms with Gasteiger partial charge >= 0.3 is 0 Å². The van der Waals surface area contributed by atoms with Crippen molar-refractivity contribution in [3.8, 4) is 5.75 Å². The largest absolute Gasteiger partial charge is 0.505 e. The number of hydrogen-bond acceptors (Lipinski definition) is 7. The van der Waals surface area contributed by atoms with Crippen molar-refractivity contribution < 1.29 is 14.7 Å². The summed E-state index contributed by atoms with van der Waals surface area (Å²) in [6.07, 6.45) is 5.56. The summed E-state index contributed by atoms with van der Waals surface area (Å²) in [5, 5.41) is 9.27. The average Bonchev–Trinajstić information content (AvgIpc) is 2.61. The molecule has 0 spiro atoms. The van der Waals surface area contributed by atoms with Crippen molar-refractivity contribution in [1.82, 2.24) is 19.8 Å². The number of piperazine rings is 1. The standard InChI is InChI=1S/C19H29N5O3/c1-19(2)11-16(26)24(17(27)12-19)6-4-3-5-22-7-9-23(10-8-22)18-20-13-15(25)14-21-18/h13-14,25H,3-12H2,1-2H3. The normalized spacial score (nSPS) is 21.0. The van der Waals surface area contributed by atoms with Crippen molar-refractivity contribution in [3.05, 3.63) is 12.4 Å². The van der Waals surface area contributed by atoms with Crippen LogP contribution < -0.4 is 4.90 Å². The van der Waals surface area contributed by atoms with Gasteiger partial charge in [0.15, 0.2) is 5.75 Å². The highest BCUT2D eigenvalue weighted by Gasteiger charge is 2.36. The quantitative estimate of drug-likeness (QED) is 0.591. The number of imide groups is 1. The van der Waals surface area contributed by atoms with Crippen molar-refractivity contribution in [2.24, 2.45) is 5.41 Å². The van der Waals surface area contributed by atoms with Gasteiger partial charge in [-0.15, -0.1) is 0 Å². The van der Waals surface area contributed by atoms with Crippen LogP contribution >= 0.6 is 0 Å². The van der Waals surface area contributed by atoms with Crippen molar-refractivity contribution in [1.29, 1.82) is 0 Å². The van der Waals surface area contributed by atoms with E-state index in [2.05, 4.69) is 19.8 Å². The third-order valence-corrected chi connectivity index (χ3v) is 5.25. The van der Waals surface area contributed by atoms with Crippen LogP contribution in [0.2, 0.25) is 0 Å². The van der Waals surface area contributed by atoms with Crippen LogP contribution in [0.5, 0.6) is 5.75 Å². The Hall–Kier alpha value is -2.22. The number of rotatable bonds is 6. The van der Waals surface area contributed by atoms with E-state index in [1.807, 2.05) is 13.8 Å². The van der Waals surface area contributed by atoms with E-state index in [0.29, 0.717) is 25.3 Å². The zero-order valence-electron chi connectivity index (χ0n) is 16.2. The minimum absolute atomic E-state index is 0.0289. The van der Waals surface area contributed by atoms with E-state index in [4.69, 9.17) is 0 Å². The SMILES string of the molecule is CC1(C)CC(=O)N(CCCCN2CCN(c3ncc(O)cn3)CC2)C(=O)C1. The van der Waals surface area contributed by atoms with Crippen LogP contribution in [0.4, 0.5) is 5.95 Å². The number of likely N-dealkylation sites (tertiary alicyclic amines) is 1. The Morgan fingerprint density at radius 2 is 1.52 bits per heavy atom. The molecule has 27 heavy (non-hydrogen) atoms. The molecule has 2 aliphatic heterocycles. The summed E-state index contributed by atoms with van der Waals surface area (Å²) in [6.45, 7) is 9.01. The fraction of sp³-hybridized carbons (Fsp3) is 0.684. The number of amides is 2. The van der Waals surface area contributed by atoms with Gasteiger partial charge < -0.3 is 10.0 Å². The number of nitrogens with zero attached hydrogens (tertiary/aromatic N) is 5. The van der Waals surface area contributed by atoms with E-state index in [0.717, 1.165) is 45.6 Å². The number of anilines is 1. The first-order chi connectivity index (χ1) is 12.8. The minimum Gasteiger partial charge on any atom is -0.505 e. The molecule has 0 aromatic carbocycles. The predicted octanol–water partition coefficient (Wildman–Crippen LogP) is 1.26. The number of hydrogen-bond donors (Lipinski definition) is 1. The van der Waals surface area contributed by atoms with Crippen LogP contribution in [-0.4, -0.2) is 76.0 Å². The van der Waals surface area contributed by atoms with Crippen LogP contribution in [0, 0.1) is 5.41 Å². The molecule has 3 rings (SSSR count). The maximum absolute atomic E-state index is 12.2. The molecule has 0 bridgehead atoms. The Morgan fingerprint density at radius 1 is 0.963 bits per heavy atom. The highest BCUT2D eigenvalue weighted by molar-refractivity contribution is 5.98. The lowest BCUT2D eigenvalue weighted by molar-refractivity contribution is -0.152. The van der Waals surface area contributed by atoms with E-state index in [9.17, 15) is 14.7 Å². The molecule has 0 aliphatic carbocycles. The molecule has 8 nitrogen and oxygen atoms in total. The fourth-order valence-electron chi connectivity index (χ4n) is 3.72. The maximum Gasteiger partial charge on any atom is 0.229 e. The third kappa shape index (κ3) is 5.15. The smallest absolute Gasteiger partial charge is 0.229 e. The molecular weight excluding hydrogens is 346 g/mol. The summed E-state index contributed by atoms with van der Waals surface area (Å²) in [5.41, 5.74) is -0.203. The number of piperidine rings is 1. The van der Waals surface area contributed by atoms with Gasteiger partial charge in [-0.3, -0.25) is 19.4 Å². The molecule has 3 heterocycles. The number of carbonyl (C=O) groups is 2. The van der Waals surface area contributed by atoms with Crippen molar-refractivity contribution in [2.75, 3.05) is 44.2 Å². The molecular formula is C19H29N5O3. The van der Waals surface area contributed by atoms with Crippen LogP contribution in [0.1, 0.15) is 39.5 Å². The summed E-state index contributed by atoms with van der Waals surface area (Å²) in [7, 11) is 0. The second-order valence-electron chi connectivity index (χ2n) is 8.23. The monoisotopic (exact) mass is 375 g/mol. The summed E-state index contributed by atoms with van der Waals surface area (Å²) >= 11 is 0. The topological polar surface area (TPSA) is 89.9 Å². The molecule has 0 atom stereocenters. The van der Waals surface area contributed by atoms with Gasteiger partial charge in [-0.1, -0.05) is 13.8 Å². The lowest BCUT2D eigenvalue weighted by Crippen LogP contribution is -2.48. The zero-order valence-corrected chi connectivity index (χ0v) is 16.2. The molecule has 2 saturated heterocycles. The van der Waals surface area contributed by atoms with E-state index in [1.54, 1.807) is 0 Å². The Morgan fingerprint density at radius 3 is 2.11 bits per heavy atom. The van der Waals surface area contributed by atoms with Gasteiger partial charge in [0, 0.05) is 45.6 Å². The van der Waals surface area contributed by atoms with Gasteiger partial charge in [0.25, 0.3) is 0 Å². The fourth-order valence-corrected chi connectivity index (χ4v) is 3.72. The Balaban J connectivity index is 1.35. The molecule has 8 heteroatoms. The number of aromatic hydroxyl groups is 1. The lowest BCUT2D eigenvalue weighted by atomic mass is 9.82. The lowest BCUT2D eigenvalue weighted by Gasteiger charge is -2.35. The van der Waals surface area contributed by atoms with Crippen LogP contribution in [0.15, 0.2) is 12.4 Å². The number of aromatic nitrogens is 2. The number of carbonyl (C=O) groups excluding carboxylic acids is 2. The molecule has 0 radical (unpaired) electrons. The summed E-state index contributed by atoms with van der Waals surface area (Å²) in [6, 6.07) is 0. The van der Waals surface area contributed by atoms with E-state index in [-0.39, 0.29) is 23.0 Å². The van der Waals surface area contributed by atoms with Crippen molar-refractivity contribution in [3.63, 3.8) is 0 Å². The van der Waals surface area contributed by atoms with Crippen molar-refractivity contribution >= 4 is 17.8 Å². The predicted molar refractivity (Wildman–Crippen MR) is 101 cm³/mol. The first kappa shape index (κ1) is 19.5. The second kappa shape index (κ2) is 8.21. The molecule has 1 aromatic rings.